The van der Waals surface area contributed by atoms with E-state index in [9.17, 15) is 14.9 Å². The van der Waals surface area contributed by atoms with Gasteiger partial charge in [0.25, 0.3) is 5.91 Å². The summed E-state index contributed by atoms with van der Waals surface area (Å²) < 4.78 is 4.98. The lowest BCUT2D eigenvalue weighted by Crippen LogP contribution is -2.46. The van der Waals surface area contributed by atoms with Crippen LogP contribution in [0.4, 0.5) is 0 Å². The van der Waals surface area contributed by atoms with Crippen molar-refractivity contribution in [2.75, 3.05) is 12.4 Å². The normalized spacial score (nSPS) is 15.4. The number of carbonyl (C=O) groups is 2. The Hall–Kier alpha value is -1.71. The Morgan fingerprint density at radius 1 is 1.28 bits per heavy atom. The highest BCUT2D eigenvalue weighted by molar-refractivity contribution is 7.99. The largest absolute Gasteiger partial charge is 0.456 e. The van der Waals surface area contributed by atoms with Crippen LogP contribution in [0, 0.1) is 11.3 Å². The molecule has 1 fully saturated rings. The molecule has 0 heterocycles. The standard InChI is InChI=1S/C18H21ClN2O3S/c19-14-5-7-15(8-6-14)25-11-3-4-17(23)24-12-16(22)21-18(13-20)9-1-2-10-18/h5-8H,1-4,9-12H2,(H,21,22). The smallest absolute Gasteiger partial charge is 0.306 e. The van der Waals surface area contributed by atoms with Crippen molar-refractivity contribution in [1.29, 1.82) is 5.26 Å². The second kappa shape index (κ2) is 9.69. The number of nitriles is 1. The average Bonchev–Trinajstić information content (AvgIpc) is 3.07. The Bertz CT molecular complexity index is 637. The molecule has 1 aliphatic rings. The molecule has 0 unspecified atom stereocenters. The molecule has 0 saturated heterocycles. The van der Waals surface area contributed by atoms with Gasteiger partial charge < -0.3 is 10.1 Å². The summed E-state index contributed by atoms with van der Waals surface area (Å²) in [7, 11) is 0. The average molecular weight is 381 g/mol. The minimum absolute atomic E-state index is 0.261. The third-order valence-electron chi connectivity index (χ3n) is 4.02. The fourth-order valence-electron chi connectivity index (χ4n) is 2.70. The van der Waals surface area contributed by atoms with Gasteiger partial charge in [-0.05, 0) is 62.1 Å². The van der Waals surface area contributed by atoms with E-state index >= 15 is 0 Å². The number of halogens is 1. The van der Waals surface area contributed by atoms with Gasteiger partial charge in [-0.15, -0.1) is 11.8 Å². The van der Waals surface area contributed by atoms with Crippen LogP contribution < -0.4 is 5.32 Å². The van der Waals surface area contributed by atoms with Gasteiger partial charge in [0, 0.05) is 16.3 Å². The van der Waals surface area contributed by atoms with E-state index in [0.717, 1.165) is 23.5 Å². The van der Waals surface area contributed by atoms with Crippen molar-refractivity contribution in [3.63, 3.8) is 0 Å². The van der Waals surface area contributed by atoms with Crippen LogP contribution in [0.1, 0.15) is 38.5 Å². The summed E-state index contributed by atoms with van der Waals surface area (Å²) in [6.45, 7) is -0.327. The Balaban J connectivity index is 1.59. The van der Waals surface area contributed by atoms with Crippen molar-refractivity contribution >= 4 is 35.2 Å². The highest BCUT2D eigenvalue weighted by Gasteiger charge is 2.35. The molecule has 0 atom stereocenters. The van der Waals surface area contributed by atoms with Gasteiger partial charge in [-0.2, -0.15) is 5.26 Å². The van der Waals surface area contributed by atoms with E-state index in [1.165, 1.54) is 0 Å². The minimum atomic E-state index is -0.779. The van der Waals surface area contributed by atoms with E-state index in [1.54, 1.807) is 11.8 Å². The first-order valence-electron chi connectivity index (χ1n) is 8.29. The first kappa shape index (κ1) is 19.6. The molecule has 0 aromatic heterocycles. The van der Waals surface area contributed by atoms with E-state index in [0.29, 0.717) is 24.3 Å². The number of nitrogens with one attached hydrogen (secondary N) is 1. The number of thioether (sulfide) groups is 1. The molecule has 1 saturated carbocycles. The van der Waals surface area contributed by atoms with Crippen LogP contribution in [0.5, 0.6) is 0 Å². The molecule has 1 amide bonds. The molecule has 5 nitrogen and oxygen atoms in total. The van der Waals surface area contributed by atoms with Gasteiger partial charge >= 0.3 is 5.97 Å². The zero-order valence-corrected chi connectivity index (χ0v) is 15.5. The SMILES string of the molecule is N#CC1(NC(=O)COC(=O)CCCSc2ccc(Cl)cc2)CCCC1. The molecule has 1 aromatic rings. The van der Waals surface area contributed by atoms with Crippen LogP contribution in [0.25, 0.3) is 0 Å². The van der Waals surface area contributed by atoms with Crippen LogP contribution in [0.2, 0.25) is 5.02 Å². The maximum Gasteiger partial charge on any atom is 0.306 e. The van der Waals surface area contributed by atoms with Gasteiger partial charge in [-0.25, -0.2) is 0 Å². The maximum absolute atomic E-state index is 11.9. The van der Waals surface area contributed by atoms with Crippen molar-refractivity contribution in [1.82, 2.24) is 5.32 Å². The molecule has 0 aliphatic heterocycles. The van der Waals surface area contributed by atoms with Crippen LogP contribution in [0.3, 0.4) is 0 Å². The highest BCUT2D eigenvalue weighted by atomic mass is 35.5. The first-order chi connectivity index (χ1) is 12.0. The van der Waals surface area contributed by atoms with E-state index in [1.807, 2.05) is 24.3 Å². The predicted molar refractivity (Wildman–Crippen MR) is 97.3 cm³/mol. The molecule has 1 N–H and O–H groups in total. The van der Waals surface area contributed by atoms with Crippen molar-refractivity contribution in [3.8, 4) is 6.07 Å². The molecule has 0 bridgehead atoms. The van der Waals surface area contributed by atoms with E-state index in [2.05, 4.69) is 11.4 Å². The zero-order chi connectivity index (χ0) is 18.1. The number of ether oxygens (including phenoxy) is 1. The number of esters is 1. The molecule has 134 valence electrons. The molecule has 2 rings (SSSR count). The number of amides is 1. The fourth-order valence-corrected chi connectivity index (χ4v) is 3.68. The zero-order valence-electron chi connectivity index (χ0n) is 13.9. The van der Waals surface area contributed by atoms with Crippen molar-refractivity contribution in [2.24, 2.45) is 0 Å². The van der Waals surface area contributed by atoms with Crippen molar-refractivity contribution in [3.05, 3.63) is 29.3 Å². The Kier molecular flexibility index (Phi) is 7.60. The van der Waals surface area contributed by atoms with Crippen molar-refractivity contribution < 1.29 is 14.3 Å². The predicted octanol–water partition coefficient (Wildman–Crippen LogP) is 3.71. The molecule has 7 heteroatoms. The summed E-state index contributed by atoms with van der Waals surface area (Å²) in [5, 5.41) is 12.6. The molecular weight excluding hydrogens is 360 g/mol. The van der Waals surface area contributed by atoms with Crippen LogP contribution in [-0.4, -0.2) is 29.8 Å². The third kappa shape index (κ3) is 6.60. The van der Waals surface area contributed by atoms with E-state index in [-0.39, 0.29) is 13.0 Å². The van der Waals surface area contributed by atoms with Gasteiger partial charge in [-0.3, -0.25) is 9.59 Å². The second-order valence-corrected chi connectivity index (χ2v) is 7.62. The Morgan fingerprint density at radius 2 is 1.96 bits per heavy atom. The van der Waals surface area contributed by atoms with E-state index in [4.69, 9.17) is 16.3 Å². The molecule has 0 spiro atoms. The summed E-state index contributed by atoms with van der Waals surface area (Å²) in [6.07, 6.45) is 4.10. The van der Waals surface area contributed by atoms with Crippen LogP contribution in [-0.2, 0) is 14.3 Å². The highest BCUT2D eigenvalue weighted by Crippen LogP contribution is 2.28. The number of hydrogen-bond acceptors (Lipinski definition) is 5. The monoisotopic (exact) mass is 380 g/mol. The second-order valence-electron chi connectivity index (χ2n) is 6.02. The summed E-state index contributed by atoms with van der Waals surface area (Å²) in [5.41, 5.74) is -0.779. The Morgan fingerprint density at radius 3 is 2.60 bits per heavy atom. The molecule has 0 radical (unpaired) electrons. The minimum Gasteiger partial charge on any atom is -0.456 e. The lowest BCUT2D eigenvalue weighted by molar-refractivity contribution is -0.148. The number of benzene rings is 1. The van der Waals surface area contributed by atoms with Gasteiger partial charge in [0.05, 0.1) is 6.07 Å². The summed E-state index contributed by atoms with van der Waals surface area (Å²) in [6, 6.07) is 9.70. The lowest BCUT2D eigenvalue weighted by Gasteiger charge is -2.21. The quantitative estimate of drug-likeness (QED) is 0.422. The molecule has 1 aromatic carbocycles. The van der Waals surface area contributed by atoms with Crippen LogP contribution >= 0.6 is 23.4 Å². The third-order valence-corrected chi connectivity index (χ3v) is 5.37. The van der Waals surface area contributed by atoms with E-state index < -0.39 is 17.4 Å². The van der Waals surface area contributed by atoms with Gasteiger partial charge in [0.2, 0.25) is 0 Å². The topological polar surface area (TPSA) is 79.2 Å². The number of nitrogens with zero attached hydrogens (tertiary/aromatic N) is 1. The van der Waals surface area contributed by atoms with Crippen molar-refractivity contribution in [2.45, 2.75) is 49.0 Å². The Labute approximate surface area is 157 Å². The maximum atomic E-state index is 11.9. The van der Waals surface area contributed by atoms with Gasteiger partial charge in [-0.1, -0.05) is 11.6 Å². The number of carbonyl (C=O) groups excluding carboxylic acids is 2. The number of hydrogen-bond donors (Lipinski definition) is 1. The first-order valence-corrected chi connectivity index (χ1v) is 9.66. The summed E-state index contributed by atoms with van der Waals surface area (Å²) in [5.74, 6) is -0.0304. The molecule has 1 aliphatic carbocycles. The van der Waals surface area contributed by atoms with Gasteiger partial charge in [0.15, 0.2) is 6.61 Å². The summed E-state index contributed by atoms with van der Waals surface area (Å²) >= 11 is 7.46. The van der Waals surface area contributed by atoms with Gasteiger partial charge in [0.1, 0.15) is 5.54 Å². The molecule has 25 heavy (non-hydrogen) atoms. The lowest BCUT2D eigenvalue weighted by atomic mass is 10.00. The number of rotatable bonds is 8. The molecular formula is C18H21ClN2O3S. The van der Waals surface area contributed by atoms with Crippen LogP contribution in [0.15, 0.2) is 29.2 Å². The fraction of sp³-hybridized carbons (Fsp3) is 0.500. The summed E-state index contributed by atoms with van der Waals surface area (Å²) in [4.78, 5) is 24.6.